The molecular weight excluding hydrogens is 260 g/mol. The van der Waals surface area contributed by atoms with Crippen LogP contribution in [0.4, 0.5) is 4.39 Å². The molecule has 0 unspecified atom stereocenters. The van der Waals surface area contributed by atoms with Gasteiger partial charge in [0.15, 0.2) is 0 Å². The van der Waals surface area contributed by atoms with Gasteiger partial charge in [-0.1, -0.05) is 35.3 Å². The Bertz CT molecular complexity index is 617. The maximum Gasteiger partial charge on any atom is 0.125 e. The highest BCUT2D eigenvalue weighted by molar-refractivity contribution is 6.43. The predicted molar refractivity (Wildman–Crippen MR) is 66.6 cm³/mol. The highest BCUT2D eigenvalue weighted by Crippen LogP contribution is 2.33. The summed E-state index contributed by atoms with van der Waals surface area (Å²) in [5.41, 5.74) is 1.39. The first-order valence-electron chi connectivity index (χ1n) is 4.77. The Morgan fingerprint density at radius 1 is 1.12 bits per heavy atom. The van der Waals surface area contributed by atoms with Crippen LogP contribution in [0.15, 0.2) is 36.4 Å². The summed E-state index contributed by atoms with van der Waals surface area (Å²) in [7, 11) is 0. The minimum atomic E-state index is -0.477. The maximum absolute atomic E-state index is 13.3. The maximum atomic E-state index is 13.3. The van der Waals surface area contributed by atoms with Gasteiger partial charge in [0.1, 0.15) is 5.82 Å². The lowest BCUT2D eigenvalue weighted by Gasteiger charge is -2.06. The topological polar surface area (TPSA) is 23.8 Å². The van der Waals surface area contributed by atoms with Crippen LogP contribution in [-0.2, 0) is 0 Å². The van der Waals surface area contributed by atoms with E-state index < -0.39 is 5.82 Å². The zero-order chi connectivity index (χ0) is 12.4. The number of nitrogens with zero attached hydrogens (tertiary/aromatic N) is 1. The molecule has 0 bridgehead atoms. The summed E-state index contributed by atoms with van der Waals surface area (Å²) < 4.78 is 13.3. The van der Waals surface area contributed by atoms with Gasteiger partial charge in [-0.15, -0.1) is 0 Å². The molecule has 0 aliphatic heterocycles. The van der Waals surface area contributed by atoms with E-state index in [9.17, 15) is 4.39 Å². The average molecular weight is 266 g/mol. The first kappa shape index (κ1) is 11.9. The van der Waals surface area contributed by atoms with Crippen LogP contribution in [0.1, 0.15) is 5.56 Å². The number of rotatable bonds is 1. The second-order valence-electron chi connectivity index (χ2n) is 3.44. The van der Waals surface area contributed by atoms with E-state index in [0.29, 0.717) is 21.2 Å². The van der Waals surface area contributed by atoms with E-state index in [-0.39, 0.29) is 5.56 Å². The number of hydrogen-bond acceptors (Lipinski definition) is 1. The Morgan fingerprint density at radius 2 is 1.88 bits per heavy atom. The van der Waals surface area contributed by atoms with E-state index >= 15 is 0 Å². The lowest BCUT2D eigenvalue weighted by atomic mass is 10.0. The van der Waals surface area contributed by atoms with Gasteiger partial charge in [-0.2, -0.15) is 5.26 Å². The number of hydrogen-bond donors (Lipinski definition) is 0. The summed E-state index contributed by atoms with van der Waals surface area (Å²) in [5.74, 6) is -0.477. The van der Waals surface area contributed by atoms with Crippen LogP contribution < -0.4 is 0 Å². The molecule has 4 heteroatoms. The standard InChI is InChI=1S/C13H6Cl2FN/c14-12-3-1-2-11(13(12)15)9-4-8(7-17)5-10(16)6-9/h1-6H. The fourth-order valence-electron chi connectivity index (χ4n) is 1.54. The molecule has 17 heavy (non-hydrogen) atoms. The molecule has 0 aromatic heterocycles. The summed E-state index contributed by atoms with van der Waals surface area (Å²) in [6.45, 7) is 0. The SMILES string of the molecule is N#Cc1cc(F)cc(-c2cccc(Cl)c2Cl)c1. The molecule has 2 rings (SSSR count). The number of benzene rings is 2. The van der Waals surface area contributed by atoms with Crippen LogP contribution in [0, 0.1) is 17.1 Å². The highest BCUT2D eigenvalue weighted by Gasteiger charge is 2.09. The number of halogens is 3. The Kier molecular flexibility index (Phi) is 3.33. The predicted octanol–water partition coefficient (Wildman–Crippen LogP) is 4.67. The molecule has 0 spiro atoms. The van der Waals surface area contributed by atoms with Crippen LogP contribution >= 0.6 is 23.2 Å². The third kappa shape index (κ3) is 2.41. The van der Waals surface area contributed by atoms with Gasteiger partial charge in [0.25, 0.3) is 0 Å². The second-order valence-corrected chi connectivity index (χ2v) is 4.23. The van der Waals surface area contributed by atoms with Crippen molar-refractivity contribution in [3.8, 4) is 17.2 Å². The molecule has 0 heterocycles. The lowest BCUT2D eigenvalue weighted by Crippen LogP contribution is -1.85. The molecule has 0 saturated carbocycles. The summed E-state index contributed by atoms with van der Waals surface area (Å²) in [5, 5.41) is 9.53. The van der Waals surface area contributed by atoms with Gasteiger partial charge in [0.05, 0.1) is 21.7 Å². The third-order valence-corrected chi connectivity index (χ3v) is 3.11. The highest BCUT2D eigenvalue weighted by atomic mass is 35.5. The molecule has 0 aliphatic rings. The summed E-state index contributed by atoms with van der Waals surface area (Å²) >= 11 is 11.9. The quantitative estimate of drug-likeness (QED) is 0.735. The van der Waals surface area contributed by atoms with Crippen molar-refractivity contribution < 1.29 is 4.39 Å². The zero-order valence-electron chi connectivity index (χ0n) is 8.55. The van der Waals surface area contributed by atoms with Crippen LogP contribution in [0.3, 0.4) is 0 Å². The molecule has 0 radical (unpaired) electrons. The molecule has 0 amide bonds. The van der Waals surface area contributed by atoms with Gasteiger partial charge in [-0.25, -0.2) is 4.39 Å². The van der Waals surface area contributed by atoms with Crippen molar-refractivity contribution in [2.45, 2.75) is 0 Å². The lowest BCUT2D eigenvalue weighted by molar-refractivity contribution is 0.628. The molecular formula is C13H6Cl2FN. The normalized spacial score (nSPS) is 10.0. The largest absolute Gasteiger partial charge is 0.207 e. The van der Waals surface area contributed by atoms with Crippen molar-refractivity contribution >= 4 is 23.2 Å². The molecule has 0 saturated heterocycles. The van der Waals surface area contributed by atoms with E-state index in [1.54, 1.807) is 24.3 Å². The van der Waals surface area contributed by atoms with Crippen molar-refractivity contribution in [2.24, 2.45) is 0 Å². The molecule has 2 aromatic rings. The second kappa shape index (κ2) is 4.75. The van der Waals surface area contributed by atoms with Crippen molar-refractivity contribution in [1.82, 2.24) is 0 Å². The first-order chi connectivity index (χ1) is 8.11. The summed E-state index contributed by atoms with van der Waals surface area (Å²) in [4.78, 5) is 0. The Balaban J connectivity index is 2.65. The van der Waals surface area contributed by atoms with Crippen LogP contribution in [0.2, 0.25) is 10.0 Å². The smallest absolute Gasteiger partial charge is 0.125 e. The van der Waals surface area contributed by atoms with Gasteiger partial charge in [-0.3, -0.25) is 0 Å². The summed E-state index contributed by atoms with van der Waals surface area (Å²) in [6, 6.07) is 11.1. The van der Waals surface area contributed by atoms with E-state index in [2.05, 4.69) is 0 Å². The fraction of sp³-hybridized carbons (Fsp3) is 0. The van der Waals surface area contributed by atoms with Gasteiger partial charge in [-0.05, 0) is 29.8 Å². The minimum Gasteiger partial charge on any atom is -0.207 e. The van der Waals surface area contributed by atoms with Crippen molar-refractivity contribution in [1.29, 1.82) is 5.26 Å². The fourth-order valence-corrected chi connectivity index (χ4v) is 1.95. The molecule has 2 aromatic carbocycles. The molecule has 0 fully saturated rings. The van der Waals surface area contributed by atoms with E-state index in [0.717, 1.165) is 0 Å². The van der Waals surface area contributed by atoms with Gasteiger partial charge in [0.2, 0.25) is 0 Å². The van der Waals surface area contributed by atoms with Gasteiger partial charge >= 0.3 is 0 Å². The molecule has 84 valence electrons. The Labute approximate surface area is 108 Å². The number of nitriles is 1. The van der Waals surface area contributed by atoms with Gasteiger partial charge in [0, 0.05) is 5.56 Å². The molecule has 0 atom stereocenters. The van der Waals surface area contributed by atoms with E-state index in [4.69, 9.17) is 28.5 Å². The minimum absolute atomic E-state index is 0.246. The summed E-state index contributed by atoms with van der Waals surface area (Å²) in [6.07, 6.45) is 0. The van der Waals surface area contributed by atoms with Crippen LogP contribution in [0.5, 0.6) is 0 Å². The molecule has 0 aliphatic carbocycles. The van der Waals surface area contributed by atoms with Crippen LogP contribution in [0.25, 0.3) is 11.1 Å². The zero-order valence-corrected chi connectivity index (χ0v) is 10.1. The van der Waals surface area contributed by atoms with Crippen LogP contribution in [-0.4, -0.2) is 0 Å². The Morgan fingerprint density at radius 3 is 2.59 bits per heavy atom. The first-order valence-corrected chi connectivity index (χ1v) is 5.52. The monoisotopic (exact) mass is 265 g/mol. The Hall–Kier alpha value is -1.56. The average Bonchev–Trinajstić information content (AvgIpc) is 2.31. The van der Waals surface area contributed by atoms with Gasteiger partial charge < -0.3 is 0 Å². The van der Waals surface area contributed by atoms with Crippen molar-refractivity contribution in [3.63, 3.8) is 0 Å². The van der Waals surface area contributed by atoms with Crippen molar-refractivity contribution in [2.75, 3.05) is 0 Å². The molecule has 1 nitrogen and oxygen atoms in total. The van der Waals surface area contributed by atoms with E-state index in [1.165, 1.54) is 12.1 Å². The van der Waals surface area contributed by atoms with Crippen molar-refractivity contribution in [3.05, 3.63) is 57.8 Å². The van der Waals surface area contributed by atoms with E-state index in [1.807, 2.05) is 6.07 Å². The molecule has 0 N–H and O–H groups in total. The third-order valence-electron chi connectivity index (χ3n) is 2.29.